The Bertz CT molecular complexity index is 509. The summed E-state index contributed by atoms with van der Waals surface area (Å²) in [5.74, 6) is 0. The molecular formula is C21H29NO. The Labute approximate surface area is 141 Å². The molecule has 0 bridgehead atoms. The van der Waals surface area contributed by atoms with E-state index < -0.39 is 0 Å². The molecule has 0 saturated carbocycles. The number of ether oxygens (including phenoxy) is 1. The highest BCUT2D eigenvalue weighted by Gasteiger charge is 2.19. The molecule has 0 spiro atoms. The molecule has 0 aliphatic carbocycles. The summed E-state index contributed by atoms with van der Waals surface area (Å²) in [6, 6.07) is 21.4. The van der Waals surface area contributed by atoms with Crippen molar-refractivity contribution in [3.63, 3.8) is 0 Å². The minimum atomic E-state index is -0.0691. The van der Waals surface area contributed by atoms with Gasteiger partial charge in [-0.15, -0.1) is 0 Å². The van der Waals surface area contributed by atoms with Crippen LogP contribution in [0.3, 0.4) is 0 Å². The topological polar surface area (TPSA) is 12.5 Å². The van der Waals surface area contributed by atoms with Gasteiger partial charge in [-0.1, -0.05) is 60.7 Å². The van der Waals surface area contributed by atoms with Crippen molar-refractivity contribution in [3.8, 4) is 0 Å². The van der Waals surface area contributed by atoms with Gasteiger partial charge in [-0.25, -0.2) is 0 Å². The Hall–Kier alpha value is -1.64. The van der Waals surface area contributed by atoms with Crippen molar-refractivity contribution in [1.29, 1.82) is 0 Å². The van der Waals surface area contributed by atoms with Gasteiger partial charge >= 0.3 is 0 Å². The lowest BCUT2D eigenvalue weighted by molar-refractivity contribution is -0.0231. The standard InChI is InChI=1S/C21H29NO/c1-4-23-21(2,3)15-16-22(17-19-11-7-5-8-12-19)18-20-13-9-6-10-14-20/h5-14H,4,15-18H2,1-3H3. The molecule has 0 atom stereocenters. The number of rotatable bonds is 9. The summed E-state index contributed by atoms with van der Waals surface area (Å²) in [4.78, 5) is 2.51. The molecule has 0 saturated heterocycles. The van der Waals surface area contributed by atoms with E-state index in [9.17, 15) is 0 Å². The Morgan fingerprint density at radius 3 is 1.74 bits per heavy atom. The average molecular weight is 311 g/mol. The molecule has 0 fully saturated rings. The van der Waals surface area contributed by atoms with Crippen molar-refractivity contribution in [3.05, 3.63) is 71.8 Å². The normalized spacial score (nSPS) is 11.8. The predicted octanol–water partition coefficient (Wildman–Crippen LogP) is 4.89. The van der Waals surface area contributed by atoms with Crippen molar-refractivity contribution in [1.82, 2.24) is 4.90 Å². The number of benzene rings is 2. The van der Waals surface area contributed by atoms with Gasteiger partial charge in [-0.3, -0.25) is 4.90 Å². The maximum atomic E-state index is 5.85. The van der Waals surface area contributed by atoms with Crippen LogP contribution in [0.1, 0.15) is 38.3 Å². The summed E-state index contributed by atoms with van der Waals surface area (Å²) in [6.07, 6.45) is 1.03. The molecule has 0 radical (unpaired) electrons. The zero-order valence-electron chi connectivity index (χ0n) is 14.7. The van der Waals surface area contributed by atoms with Crippen LogP contribution in [-0.2, 0) is 17.8 Å². The van der Waals surface area contributed by atoms with Crippen LogP contribution in [-0.4, -0.2) is 23.7 Å². The largest absolute Gasteiger partial charge is 0.376 e. The third-order valence-electron chi connectivity index (χ3n) is 4.06. The fourth-order valence-corrected chi connectivity index (χ4v) is 2.79. The Balaban J connectivity index is 2.02. The first-order chi connectivity index (χ1) is 11.1. The molecule has 0 aliphatic rings. The second-order valence-corrected chi connectivity index (χ2v) is 6.62. The van der Waals surface area contributed by atoms with Crippen LogP contribution >= 0.6 is 0 Å². The van der Waals surface area contributed by atoms with Crippen molar-refractivity contribution in [2.45, 2.75) is 45.9 Å². The van der Waals surface area contributed by atoms with E-state index in [4.69, 9.17) is 4.74 Å². The van der Waals surface area contributed by atoms with Gasteiger partial charge in [0, 0.05) is 26.2 Å². The highest BCUT2D eigenvalue weighted by atomic mass is 16.5. The van der Waals surface area contributed by atoms with Gasteiger partial charge in [-0.05, 0) is 38.3 Å². The fourth-order valence-electron chi connectivity index (χ4n) is 2.79. The molecule has 2 heteroatoms. The molecule has 2 aromatic rings. The van der Waals surface area contributed by atoms with Crippen molar-refractivity contribution >= 4 is 0 Å². The highest BCUT2D eigenvalue weighted by Crippen LogP contribution is 2.17. The van der Waals surface area contributed by atoms with E-state index in [0.29, 0.717) is 0 Å². The average Bonchev–Trinajstić information content (AvgIpc) is 2.55. The van der Waals surface area contributed by atoms with Gasteiger partial charge in [0.1, 0.15) is 0 Å². The number of hydrogen-bond donors (Lipinski definition) is 0. The summed E-state index contributed by atoms with van der Waals surface area (Å²) in [5.41, 5.74) is 2.65. The minimum absolute atomic E-state index is 0.0691. The van der Waals surface area contributed by atoms with Gasteiger partial charge in [0.05, 0.1) is 5.60 Å². The maximum absolute atomic E-state index is 5.85. The van der Waals surface area contributed by atoms with E-state index in [1.54, 1.807) is 0 Å². The first-order valence-electron chi connectivity index (χ1n) is 8.53. The van der Waals surface area contributed by atoms with Crippen LogP contribution in [0.15, 0.2) is 60.7 Å². The molecule has 0 aliphatic heterocycles. The van der Waals surface area contributed by atoms with Gasteiger partial charge < -0.3 is 4.74 Å². The van der Waals surface area contributed by atoms with Crippen LogP contribution in [0.5, 0.6) is 0 Å². The van der Waals surface area contributed by atoms with E-state index in [0.717, 1.165) is 32.7 Å². The summed E-state index contributed by atoms with van der Waals surface area (Å²) in [5, 5.41) is 0. The molecule has 0 unspecified atom stereocenters. The second kappa shape index (κ2) is 8.85. The number of hydrogen-bond acceptors (Lipinski definition) is 2. The zero-order valence-corrected chi connectivity index (χ0v) is 14.7. The van der Waals surface area contributed by atoms with Crippen LogP contribution in [0.25, 0.3) is 0 Å². The second-order valence-electron chi connectivity index (χ2n) is 6.62. The molecule has 2 rings (SSSR count). The van der Waals surface area contributed by atoms with E-state index in [2.05, 4.69) is 86.3 Å². The van der Waals surface area contributed by atoms with E-state index in [1.807, 2.05) is 0 Å². The Morgan fingerprint density at radius 1 is 0.826 bits per heavy atom. The molecule has 0 heterocycles. The molecule has 0 aromatic heterocycles. The predicted molar refractivity (Wildman–Crippen MR) is 97.3 cm³/mol. The molecular weight excluding hydrogens is 282 g/mol. The molecule has 0 N–H and O–H groups in total. The molecule has 124 valence electrons. The summed E-state index contributed by atoms with van der Waals surface area (Å²) >= 11 is 0. The number of nitrogens with zero attached hydrogens (tertiary/aromatic N) is 1. The van der Waals surface area contributed by atoms with Crippen LogP contribution in [0.4, 0.5) is 0 Å². The van der Waals surface area contributed by atoms with Gasteiger partial charge in [0.25, 0.3) is 0 Å². The molecule has 2 aromatic carbocycles. The van der Waals surface area contributed by atoms with Crippen LogP contribution in [0, 0.1) is 0 Å². The Morgan fingerprint density at radius 2 is 1.30 bits per heavy atom. The van der Waals surface area contributed by atoms with Gasteiger partial charge in [-0.2, -0.15) is 0 Å². The van der Waals surface area contributed by atoms with Crippen molar-refractivity contribution in [2.75, 3.05) is 13.2 Å². The van der Waals surface area contributed by atoms with Crippen LogP contribution in [0.2, 0.25) is 0 Å². The highest BCUT2D eigenvalue weighted by molar-refractivity contribution is 5.17. The minimum Gasteiger partial charge on any atom is -0.376 e. The Kier molecular flexibility index (Phi) is 6.82. The van der Waals surface area contributed by atoms with E-state index in [-0.39, 0.29) is 5.60 Å². The monoisotopic (exact) mass is 311 g/mol. The lowest BCUT2D eigenvalue weighted by Crippen LogP contribution is -2.32. The van der Waals surface area contributed by atoms with E-state index >= 15 is 0 Å². The summed E-state index contributed by atoms with van der Waals surface area (Å²) in [6.45, 7) is 10.2. The summed E-state index contributed by atoms with van der Waals surface area (Å²) < 4.78 is 5.85. The smallest absolute Gasteiger partial charge is 0.0638 e. The lowest BCUT2D eigenvalue weighted by Gasteiger charge is -2.29. The van der Waals surface area contributed by atoms with Gasteiger partial charge in [0.15, 0.2) is 0 Å². The summed E-state index contributed by atoms with van der Waals surface area (Å²) in [7, 11) is 0. The van der Waals surface area contributed by atoms with Gasteiger partial charge in [0.2, 0.25) is 0 Å². The zero-order chi connectivity index (χ0) is 16.5. The quantitative estimate of drug-likeness (QED) is 0.653. The molecule has 23 heavy (non-hydrogen) atoms. The molecule has 0 amide bonds. The fraction of sp³-hybridized carbons (Fsp3) is 0.429. The van der Waals surface area contributed by atoms with Crippen molar-refractivity contribution in [2.24, 2.45) is 0 Å². The molecule has 2 nitrogen and oxygen atoms in total. The third kappa shape index (κ3) is 6.55. The van der Waals surface area contributed by atoms with E-state index in [1.165, 1.54) is 11.1 Å². The lowest BCUT2D eigenvalue weighted by atomic mass is 10.0. The SMILES string of the molecule is CCOC(C)(C)CCN(Cc1ccccc1)Cc1ccccc1. The van der Waals surface area contributed by atoms with Crippen molar-refractivity contribution < 1.29 is 4.74 Å². The maximum Gasteiger partial charge on any atom is 0.0638 e. The van der Waals surface area contributed by atoms with Crippen LogP contribution < -0.4 is 0 Å². The third-order valence-corrected chi connectivity index (χ3v) is 4.06. The first kappa shape index (κ1) is 17.7. The first-order valence-corrected chi connectivity index (χ1v) is 8.53.